The minimum atomic E-state index is 0.570. The van der Waals surface area contributed by atoms with E-state index in [4.69, 9.17) is 14.2 Å². The van der Waals surface area contributed by atoms with Crippen LogP contribution < -0.4 is 10.1 Å². The third kappa shape index (κ3) is 6.89. The van der Waals surface area contributed by atoms with Crippen molar-refractivity contribution in [3.8, 4) is 5.75 Å². The zero-order valence-corrected chi connectivity index (χ0v) is 12.9. The number of rotatable bonds is 11. The maximum atomic E-state index is 5.20. The van der Waals surface area contributed by atoms with Gasteiger partial charge in [0.2, 0.25) is 0 Å². The lowest BCUT2D eigenvalue weighted by Gasteiger charge is -2.17. The van der Waals surface area contributed by atoms with Crippen molar-refractivity contribution in [3.63, 3.8) is 0 Å². The van der Waals surface area contributed by atoms with Gasteiger partial charge >= 0.3 is 0 Å². The molecule has 0 amide bonds. The summed E-state index contributed by atoms with van der Waals surface area (Å²) in [6, 6.07) is 8.30. The van der Waals surface area contributed by atoms with Crippen molar-refractivity contribution in [2.45, 2.75) is 12.8 Å². The summed E-state index contributed by atoms with van der Waals surface area (Å²) in [5.74, 6) is 1.47. The Kier molecular flexibility index (Phi) is 9.04. The van der Waals surface area contributed by atoms with Gasteiger partial charge in [0.15, 0.2) is 0 Å². The lowest BCUT2D eigenvalue weighted by molar-refractivity contribution is 0.172. The monoisotopic (exact) mass is 281 g/mol. The summed E-state index contributed by atoms with van der Waals surface area (Å²) in [5.41, 5.74) is 1.33. The molecule has 0 aliphatic carbocycles. The first-order valence-electron chi connectivity index (χ1n) is 7.11. The van der Waals surface area contributed by atoms with E-state index in [1.54, 1.807) is 21.3 Å². The van der Waals surface area contributed by atoms with Crippen molar-refractivity contribution in [2.75, 3.05) is 47.6 Å². The topological polar surface area (TPSA) is 39.7 Å². The van der Waals surface area contributed by atoms with Gasteiger partial charge in [-0.05, 0) is 43.0 Å². The highest BCUT2D eigenvalue weighted by Gasteiger charge is 2.09. The van der Waals surface area contributed by atoms with E-state index in [1.165, 1.54) is 5.56 Å². The number of hydrogen-bond donors (Lipinski definition) is 1. The molecule has 4 nitrogen and oxygen atoms in total. The molecule has 114 valence electrons. The van der Waals surface area contributed by atoms with Crippen LogP contribution in [0, 0.1) is 5.92 Å². The van der Waals surface area contributed by atoms with E-state index in [0.29, 0.717) is 5.92 Å². The SMILES string of the molecule is COCCNCC(CCOC)Cc1ccc(OC)cc1. The fourth-order valence-electron chi connectivity index (χ4n) is 2.14. The third-order valence-electron chi connectivity index (χ3n) is 3.33. The molecule has 0 fully saturated rings. The smallest absolute Gasteiger partial charge is 0.118 e. The quantitative estimate of drug-likeness (QED) is 0.631. The zero-order valence-electron chi connectivity index (χ0n) is 12.9. The molecule has 20 heavy (non-hydrogen) atoms. The summed E-state index contributed by atoms with van der Waals surface area (Å²) in [5, 5.41) is 3.43. The first-order chi connectivity index (χ1) is 9.80. The van der Waals surface area contributed by atoms with E-state index in [-0.39, 0.29) is 0 Å². The van der Waals surface area contributed by atoms with Crippen molar-refractivity contribution in [1.29, 1.82) is 0 Å². The van der Waals surface area contributed by atoms with Crippen LogP contribution in [0.15, 0.2) is 24.3 Å². The van der Waals surface area contributed by atoms with E-state index in [0.717, 1.165) is 44.9 Å². The van der Waals surface area contributed by atoms with E-state index < -0.39 is 0 Å². The summed E-state index contributed by atoms with van der Waals surface area (Å²) < 4.78 is 15.4. The van der Waals surface area contributed by atoms with Gasteiger partial charge in [0.25, 0.3) is 0 Å². The van der Waals surface area contributed by atoms with Gasteiger partial charge in [-0.25, -0.2) is 0 Å². The van der Waals surface area contributed by atoms with Gasteiger partial charge in [-0.3, -0.25) is 0 Å². The molecule has 0 aliphatic rings. The van der Waals surface area contributed by atoms with Crippen molar-refractivity contribution >= 4 is 0 Å². The highest BCUT2D eigenvalue weighted by Crippen LogP contribution is 2.16. The largest absolute Gasteiger partial charge is 0.497 e. The molecule has 1 rings (SSSR count). The lowest BCUT2D eigenvalue weighted by Crippen LogP contribution is -2.28. The molecule has 0 aromatic heterocycles. The average Bonchev–Trinajstić information content (AvgIpc) is 2.49. The van der Waals surface area contributed by atoms with E-state index >= 15 is 0 Å². The molecule has 0 saturated carbocycles. The zero-order chi connectivity index (χ0) is 14.6. The maximum Gasteiger partial charge on any atom is 0.118 e. The van der Waals surface area contributed by atoms with Crippen LogP contribution in [0.3, 0.4) is 0 Å². The van der Waals surface area contributed by atoms with Crippen LogP contribution in [0.1, 0.15) is 12.0 Å². The minimum Gasteiger partial charge on any atom is -0.497 e. The Labute approximate surface area is 122 Å². The van der Waals surface area contributed by atoms with E-state index in [1.807, 2.05) is 12.1 Å². The number of methoxy groups -OCH3 is 3. The molecule has 0 spiro atoms. The van der Waals surface area contributed by atoms with E-state index in [9.17, 15) is 0 Å². The number of ether oxygens (including phenoxy) is 3. The molecular weight excluding hydrogens is 254 g/mol. The Morgan fingerprint density at radius 2 is 1.70 bits per heavy atom. The number of benzene rings is 1. The molecular formula is C16H27NO3. The molecule has 0 radical (unpaired) electrons. The molecule has 0 saturated heterocycles. The van der Waals surface area contributed by atoms with Gasteiger partial charge < -0.3 is 19.5 Å². The second-order valence-corrected chi connectivity index (χ2v) is 4.90. The number of nitrogens with one attached hydrogen (secondary N) is 1. The molecule has 0 bridgehead atoms. The molecule has 1 unspecified atom stereocenters. The molecule has 1 aromatic rings. The Morgan fingerprint density at radius 3 is 2.30 bits per heavy atom. The van der Waals surface area contributed by atoms with Crippen molar-refractivity contribution in [2.24, 2.45) is 5.92 Å². The Hall–Kier alpha value is -1.10. The summed E-state index contributed by atoms with van der Waals surface area (Å²) in [6.07, 6.45) is 2.11. The van der Waals surface area contributed by atoms with Crippen LogP contribution >= 0.6 is 0 Å². The minimum absolute atomic E-state index is 0.570. The molecule has 0 heterocycles. The molecule has 1 atom stereocenters. The van der Waals surface area contributed by atoms with Crippen molar-refractivity contribution < 1.29 is 14.2 Å². The summed E-state index contributed by atoms with van der Waals surface area (Å²) in [7, 11) is 5.17. The molecule has 1 N–H and O–H groups in total. The summed E-state index contributed by atoms with van der Waals surface area (Å²) in [4.78, 5) is 0. The highest BCUT2D eigenvalue weighted by atomic mass is 16.5. The predicted molar refractivity (Wildman–Crippen MR) is 81.4 cm³/mol. The normalized spacial score (nSPS) is 12.3. The van der Waals surface area contributed by atoms with Crippen LogP contribution in [0.25, 0.3) is 0 Å². The van der Waals surface area contributed by atoms with Crippen LogP contribution in [0.4, 0.5) is 0 Å². The van der Waals surface area contributed by atoms with Crippen molar-refractivity contribution in [1.82, 2.24) is 5.32 Å². The lowest BCUT2D eigenvalue weighted by atomic mass is 9.96. The number of hydrogen-bond acceptors (Lipinski definition) is 4. The van der Waals surface area contributed by atoms with Gasteiger partial charge in [0.1, 0.15) is 5.75 Å². The van der Waals surface area contributed by atoms with Gasteiger partial charge in [-0.15, -0.1) is 0 Å². The third-order valence-corrected chi connectivity index (χ3v) is 3.33. The van der Waals surface area contributed by atoms with Crippen LogP contribution in [-0.2, 0) is 15.9 Å². The first-order valence-corrected chi connectivity index (χ1v) is 7.11. The molecule has 4 heteroatoms. The van der Waals surface area contributed by atoms with E-state index in [2.05, 4.69) is 17.4 Å². The Morgan fingerprint density at radius 1 is 1.00 bits per heavy atom. The molecule has 0 aliphatic heterocycles. The predicted octanol–water partition coefficient (Wildman–Crippen LogP) is 2.13. The average molecular weight is 281 g/mol. The standard InChI is InChI=1S/C16H27NO3/c1-18-10-8-15(13-17-9-11-19-2)12-14-4-6-16(20-3)7-5-14/h4-7,15,17H,8-13H2,1-3H3. The Bertz CT molecular complexity index is 340. The summed E-state index contributed by atoms with van der Waals surface area (Å²) in [6.45, 7) is 3.42. The fraction of sp³-hybridized carbons (Fsp3) is 0.625. The Balaban J connectivity index is 2.44. The second kappa shape index (κ2) is 10.7. The maximum absolute atomic E-state index is 5.20. The van der Waals surface area contributed by atoms with Gasteiger partial charge in [-0.2, -0.15) is 0 Å². The fourth-order valence-corrected chi connectivity index (χ4v) is 2.14. The summed E-state index contributed by atoms with van der Waals surface area (Å²) >= 11 is 0. The first kappa shape index (κ1) is 17.0. The highest BCUT2D eigenvalue weighted by molar-refractivity contribution is 5.27. The molecule has 1 aromatic carbocycles. The van der Waals surface area contributed by atoms with Crippen LogP contribution in [0.2, 0.25) is 0 Å². The van der Waals surface area contributed by atoms with Crippen LogP contribution in [-0.4, -0.2) is 47.6 Å². The second-order valence-electron chi connectivity index (χ2n) is 4.90. The van der Waals surface area contributed by atoms with Gasteiger partial charge in [0, 0.05) is 27.4 Å². The van der Waals surface area contributed by atoms with Gasteiger partial charge in [0.05, 0.1) is 13.7 Å². The van der Waals surface area contributed by atoms with Crippen molar-refractivity contribution in [3.05, 3.63) is 29.8 Å². The van der Waals surface area contributed by atoms with Gasteiger partial charge in [-0.1, -0.05) is 12.1 Å². The van der Waals surface area contributed by atoms with Crippen LogP contribution in [0.5, 0.6) is 5.75 Å².